The van der Waals surface area contributed by atoms with Crippen molar-refractivity contribution in [3.63, 3.8) is 0 Å². The van der Waals surface area contributed by atoms with E-state index in [-0.39, 0.29) is 18.5 Å². The molecular formula is C13H24O4. The van der Waals surface area contributed by atoms with Crippen LogP contribution < -0.4 is 0 Å². The average Bonchev–Trinajstić information content (AvgIpc) is 2.61. The van der Waals surface area contributed by atoms with Crippen molar-refractivity contribution in [1.29, 1.82) is 0 Å². The van der Waals surface area contributed by atoms with Gasteiger partial charge in [-0.25, -0.2) is 0 Å². The fourth-order valence-electron chi connectivity index (χ4n) is 2.80. The zero-order chi connectivity index (χ0) is 12.6. The van der Waals surface area contributed by atoms with Crippen LogP contribution in [0.2, 0.25) is 0 Å². The molecule has 100 valence electrons. The minimum atomic E-state index is -0.944. The van der Waals surface area contributed by atoms with Crippen LogP contribution in [0.25, 0.3) is 0 Å². The van der Waals surface area contributed by atoms with E-state index in [4.69, 9.17) is 18.9 Å². The van der Waals surface area contributed by atoms with Gasteiger partial charge in [0.1, 0.15) is 6.10 Å². The molecule has 2 heterocycles. The lowest BCUT2D eigenvalue weighted by atomic mass is 9.83. The maximum Gasteiger partial charge on any atom is 0.282 e. The van der Waals surface area contributed by atoms with Crippen molar-refractivity contribution in [3.8, 4) is 0 Å². The Hall–Kier alpha value is -0.160. The topological polar surface area (TPSA) is 36.9 Å². The second kappa shape index (κ2) is 4.84. The van der Waals surface area contributed by atoms with Gasteiger partial charge in [0.05, 0.1) is 6.10 Å². The summed E-state index contributed by atoms with van der Waals surface area (Å²) in [7, 11) is 0. The van der Waals surface area contributed by atoms with Crippen LogP contribution in [0.15, 0.2) is 0 Å². The fraction of sp³-hybridized carbons (Fsp3) is 1.00. The summed E-state index contributed by atoms with van der Waals surface area (Å²) in [6.45, 7) is 10.9. The Kier molecular flexibility index (Phi) is 3.78. The second-order valence-corrected chi connectivity index (χ2v) is 5.17. The molecule has 6 unspecified atom stereocenters. The van der Waals surface area contributed by atoms with Crippen LogP contribution in [-0.4, -0.2) is 31.1 Å². The Morgan fingerprint density at radius 3 is 2.41 bits per heavy atom. The molecule has 2 saturated heterocycles. The van der Waals surface area contributed by atoms with E-state index in [9.17, 15) is 0 Å². The molecule has 6 atom stereocenters. The molecule has 0 saturated carbocycles. The molecule has 4 heteroatoms. The standard InChI is InChI=1S/C13H24O4/c1-6-10-8(3)9(4)11-12(15-10)17-13(5,16-11)14-7-2/h8-12H,6-7H2,1-5H3. The van der Waals surface area contributed by atoms with Gasteiger partial charge in [0.2, 0.25) is 0 Å². The van der Waals surface area contributed by atoms with Gasteiger partial charge in [-0.1, -0.05) is 20.8 Å². The molecule has 2 aliphatic heterocycles. The van der Waals surface area contributed by atoms with Gasteiger partial charge in [-0.15, -0.1) is 0 Å². The summed E-state index contributed by atoms with van der Waals surface area (Å²) in [5, 5.41) is 0. The van der Waals surface area contributed by atoms with Crippen LogP contribution in [0.5, 0.6) is 0 Å². The lowest BCUT2D eigenvalue weighted by molar-refractivity contribution is -0.342. The Morgan fingerprint density at radius 1 is 1.12 bits per heavy atom. The van der Waals surface area contributed by atoms with Gasteiger partial charge in [0.25, 0.3) is 5.97 Å². The molecule has 0 amide bonds. The van der Waals surface area contributed by atoms with Gasteiger partial charge >= 0.3 is 0 Å². The van der Waals surface area contributed by atoms with Crippen molar-refractivity contribution < 1.29 is 18.9 Å². The van der Waals surface area contributed by atoms with Gasteiger partial charge in [-0.05, 0) is 25.2 Å². The highest BCUT2D eigenvalue weighted by molar-refractivity contribution is 4.88. The maximum atomic E-state index is 5.96. The molecule has 0 N–H and O–H groups in total. The normalized spacial score (nSPS) is 50.3. The first-order valence-electron chi connectivity index (χ1n) is 6.65. The van der Waals surface area contributed by atoms with Crippen molar-refractivity contribution in [3.05, 3.63) is 0 Å². The lowest BCUT2D eigenvalue weighted by Crippen LogP contribution is -2.47. The van der Waals surface area contributed by atoms with E-state index in [1.807, 2.05) is 13.8 Å². The molecule has 0 aromatic carbocycles. The zero-order valence-corrected chi connectivity index (χ0v) is 11.4. The first-order valence-corrected chi connectivity index (χ1v) is 6.65. The highest BCUT2D eigenvalue weighted by Gasteiger charge is 2.53. The van der Waals surface area contributed by atoms with Crippen LogP contribution in [-0.2, 0) is 18.9 Å². The molecule has 17 heavy (non-hydrogen) atoms. The van der Waals surface area contributed by atoms with Crippen molar-refractivity contribution in [1.82, 2.24) is 0 Å². The fourth-order valence-corrected chi connectivity index (χ4v) is 2.80. The van der Waals surface area contributed by atoms with Gasteiger partial charge in [-0.2, -0.15) is 0 Å². The Bertz CT molecular complexity index is 270. The van der Waals surface area contributed by atoms with Crippen molar-refractivity contribution in [2.75, 3.05) is 6.61 Å². The monoisotopic (exact) mass is 244 g/mol. The quantitative estimate of drug-likeness (QED) is 0.764. The summed E-state index contributed by atoms with van der Waals surface area (Å²) in [5.74, 6) is -0.0458. The third-order valence-electron chi connectivity index (χ3n) is 4.00. The number of hydrogen-bond donors (Lipinski definition) is 0. The molecular weight excluding hydrogens is 220 g/mol. The number of rotatable bonds is 3. The van der Waals surface area contributed by atoms with Crippen LogP contribution in [0, 0.1) is 11.8 Å². The van der Waals surface area contributed by atoms with Crippen LogP contribution >= 0.6 is 0 Å². The van der Waals surface area contributed by atoms with E-state index in [0.29, 0.717) is 18.4 Å². The van der Waals surface area contributed by atoms with Crippen LogP contribution in [0.3, 0.4) is 0 Å². The van der Waals surface area contributed by atoms with E-state index in [1.54, 1.807) is 0 Å². The molecule has 0 aromatic heterocycles. The highest BCUT2D eigenvalue weighted by Crippen LogP contribution is 2.42. The van der Waals surface area contributed by atoms with E-state index < -0.39 is 5.97 Å². The van der Waals surface area contributed by atoms with Crippen molar-refractivity contribution in [2.45, 2.75) is 65.5 Å². The summed E-state index contributed by atoms with van der Waals surface area (Å²) in [4.78, 5) is 0. The SMILES string of the molecule is CCOC1(C)OC2OC(CC)C(C)C(C)C2O1. The number of fused-ring (bicyclic) bond motifs is 1. The van der Waals surface area contributed by atoms with Gasteiger partial charge in [0.15, 0.2) is 6.29 Å². The molecule has 0 aromatic rings. The third-order valence-corrected chi connectivity index (χ3v) is 4.00. The Morgan fingerprint density at radius 2 is 1.82 bits per heavy atom. The maximum absolute atomic E-state index is 5.96. The highest BCUT2D eigenvalue weighted by atomic mass is 16.9. The largest absolute Gasteiger partial charge is 0.346 e. The summed E-state index contributed by atoms with van der Waals surface area (Å²) in [6.07, 6.45) is 0.939. The summed E-state index contributed by atoms with van der Waals surface area (Å²) < 4.78 is 23.1. The molecule has 0 spiro atoms. The first kappa shape index (κ1) is 13.3. The third kappa shape index (κ3) is 2.36. The summed E-state index contributed by atoms with van der Waals surface area (Å²) in [5.41, 5.74) is 0. The predicted octanol–water partition coefficient (Wildman–Crippen LogP) is 2.52. The van der Waals surface area contributed by atoms with Gasteiger partial charge < -0.3 is 14.2 Å². The van der Waals surface area contributed by atoms with Crippen LogP contribution in [0.1, 0.15) is 41.0 Å². The molecule has 0 aliphatic carbocycles. The van der Waals surface area contributed by atoms with Crippen LogP contribution in [0.4, 0.5) is 0 Å². The molecule has 0 bridgehead atoms. The summed E-state index contributed by atoms with van der Waals surface area (Å²) >= 11 is 0. The Labute approximate surface area is 104 Å². The molecule has 0 radical (unpaired) electrons. The molecule has 2 aliphatic rings. The average molecular weight is 244 g/mol. The minimum Gasteiger partial charge on any atom is -0.346 e. The van der Waals surface area contributed by atoms with E-state index in [0.717, 1.165) is 6.42 Å². The Balaban J connectivity index is 2.09. The summed E-state index contributed by atoms with van der Waals surface area (Å²) in [6, 6.07) is 0. The number of hydrogen-bond acceptors (Lipinski definition) is 4. The van der Waals surface area contributed by atoms with Gasteiger partial charge in [-0.3, -0.25) is 4.74 Å². The second-order valence-electron chi connectivity index (χ2n) is 5.17. The minimum absolute atomic E-state index is 0.0238. The van der Waals surface area contributed by atoms with E-state index in [2.05, 4.69) is 20.8 Å². The van der Waals surface area contributed by atoms with E-state index >= 15 is 0 Å². The first-order chi connectivity index (χ1) is 8.00. The lowest BCUT2D eigenvalue weighted by Gasteiger charge is -2.39. The molecule has 4 nitrogen and oxygen atoms in total. The van der Waals surface area contributed by atoms with Gasteiger partial charge in [0, 0.05) is 13.5 Å². The van der Waals surface area contributed by atoms with Crippen molar-refractivity contribution >= 4 is 0 Å². The number of ether oxygens (including phenoxy) is 4. The molecule has 2 fully saturated rings. The predicted molar refractivity (Wildman–Crippen MR) is 63.3 cm³/mol. The zero-order valence-electron chi connectivity index (χ0n) is 11.4. The van der Waals surface area contributed by atoms with E-state index in [1.165, 1.54) is 0 Å². The van der Waals surface area contributed by atoms with Crippen molar-refractivity contribution in [2.24, 2.45) is 11.8 Å². The smallest absolute Gasteiger partial charge is 0.282 e. The molecule has 2 rings (SSSR count).